The second-order valence-corrected chi connectivity index (χ2v) is 10.2. The van der Waals surface area contributed by atoms with Crippen LogP contribution in [0.15, 0.2) is 0 Å². The van der Waals surface area contributed by atoms with Crippen LogP contribution < -0.4 is 0 Å². The van der Waals surface area contributed by atoms with Crippen molar-refractivity contribution in [1.29, 1.82) is 0 Å². The van der Waals surface area contributed by atoms with Gasteiger partial charge in [0.25, 0.3) is 0 Å². The highest BCUT2D eigenvalue weighted by atomic mass is 16.5. The third-order valence-corrected chi connectivity index (χ3v) is 9.56. The van der Waals surface area contributed by atoms with Gasteiger partial charge in [-0.15, -0.1) is 0 Å². The molecule has 28 heavy (non-hydrogen) atoms. The van der Waals surface area contributed by atoms with Crippen molar-refractivity contribution in [2.24, 2.45) is 40.4 Å². The lowest BCUT2D eigenvalue weighted by Crippen LogP contribution is -2.56. The predicted octanol–water partition coefficient (Wildman–Crippen LogP) is 6.19. The summed E-state index contributed by atoms with van der Waals surface area (Å²) in [5.74, 6) is 3.52. The van der Waals surface area contributed by atoms with Crippen LogP contribution in [0.1, 0.15) is 98.3 Å². The van der Waals surface area contributed by atoms with Crippen molar-refractivity contribution in [3.05, 3.63) is 0 Å². The standard InChI is InChI=1S/C23H36O3.C2H6/c1-22-13-5-4-6-15(22)7-10-17-18-11-8-16(9-12-21(25)26-3)23(18,2)20(24)14-19(17)22;1-2/h15-19H,4-14H2,1-3H3;1-2H3. The van der Waals surface area contributed by atoms with Gasteiger partial charge in [0.1, 0.15) is 5.78 Å². The van der Waals surface area contributed by atoms with E-state index in [4.69, 9.17) is 4.74 Å². The Morgan fingerprint density at radius 3 is 2.50 bits per heavy atom. The van der Waals surface area contributed by atoms with Crippen molar-refractivity contribution in [2.45, 2.75) is 98.3 Å². The van der Waals surface area contributed by atoms with Crippen LogP contribution in [0.4, 0.5) is 0 Å². The first-order valence-corrected chi connectivity index (χ1v) is 12.0. The Balaban J connectivity index is 0.00000109. The van der Waals surface area contributed by atoms with Gasteiger partial charge in [0, 0.05) is 18.3 Å². The number of ketones is 1. The summed E-state index contributed by atoms with van der Waals surface area (Å²) in [5, 5.41) is 0. The lowest BCUT2D eigenvalue weighted by atomic mass is 9.44. The fourth-order valence-electron chi connectivity index (χ4n) is 7.98. The zero-order valence-corrected chi connectivity index (χ0v) is 18.9. The van der Waals surface area contributed by atoms with Crippen molar-refractivity contribution in [2.75, 3.05) is 7.11 Å². The zero-order chi connectivity index (χ0) is 20.5. The summed E-state index contributed by atoms with van der Waals surface area (Å²) in [5.41, 5.74) is 0.218. The van der Waals surface area contributed by atoms with Crippen LogP contribution in [0.2, 0.25) is 0 Å². The summed E-state index contributed by atoms with van der Waals surface area (Å²) in [7, 11) is 1.46. The number of hydrogen-bond acceptors (Lipinski definition) is 3. The molecular formula is C25H42O3. The van der Waals surface area contributed by atoms with E-state index in [0.29, 0.717) is 35.4 Å². The van der Waals surface area contributed by atoms with Gasteiger partial charge in [-0.2, -0.15) is 0 Å². The van der Waals surface area contributed by atoms with E-state index in [1.165, 1.54) is 52.1 Å². The number of fused-ring (bicyclic) bond motifs is 5. The van der Waals surface area contributed by atoms with E-state index in [1.807, 2.05) is 13.8 Å². The van der Waals surface area contributed by atoms with Crippen LogP contribution in [0.5, 0.6) is 0 Å². The van der Waals surface area contributed by atoms with Gasteiger partial charge in [-0.3, -0.25) is 9.59 Å². The Hall–Kier alpha value is -0.860. The summed E-state index contributed by atoms with van der Waals surface area (Å²) in [4.78, 5) is 25.1. The Kier molecular flexibility index (Phi) is 6.61. The molecule has 4 saturated carbocycles. The third-order valence-electron chi connectivity index (χ3n) is 9.56. The minimum Gasteiger partial charge on any atom is -0.469 e. The molecule has 160 valence electrons. The highest BCUT2D eigenvalue weighted by Crippen LogP contribution is 2.66. The van der Waals surface area contributed by atoms with Crippen LogP contribution >= 0.6 is 0 Å². The summed E-state index contributed by atoms with van der Waals surface area (Å²) in [6.45, 7) is 8.77. The molecule has 0 spiro atoms. The Morgan fingerprint density at radius 1 is 1.04 bits per heavy atom. The zero-order valence-electron chi connectivity index (χ0n) is 18.9. The van der Waals surface area contributed by atoms with E-state index in [2.05, 4.69) is 13.8 Å². The smallest absolute Gasteiger partial charge is 0.305 e. The molecule has 4 rings (SSSR count). The first kappa shape index (κ1) is 21.8. The van der Waals surface area contributed by atoms with E-state index in [9.17, 15) is 9.59 Å². The molecule has 0 aromatic rings. The van der Waals surface area contributed by atoms with Gasteiger partial charge in [-0.1, -0.05) is 40.5 Å². The molecule has 4 aliphatic rings. The summed E-state index contributed by atoms with van der Waals surface area (Å²) in [6, 6.07) is 0. The molecule has 4 aliphatic carbocycles. The molecule has 7 atom stereocenters. The summed E-state index contributed by atoms with van der Waals surface area (Å²) < 4.78 is 4.84. The molecule has 0 aliphatic heterocycles. The topological polar surface area (TPSA) is 43.4 Å². The number of methoxy groups -OCH3 is 1. The van der Waals surface area contributed by atoms with Gasteiger partial charge < -0.3 is 4.74 Å². The van der Waals surface area contributed by atoms with Gasteiger partial charge in [0.2, 0.25) is 0 Å². The fraction of sp³-hybridized carbons (Fsp3) is 0.920. The van der Waals surface area contributed by atoms with Crippen LogP contribution in [0.25, 0.3) is 0 Å². The fourth-order valence-corrected chi connectivity index (χ4v) is 7.98. The molecule has 0 aromatic carbocycles. The minimum atomic E-state index is -0.187. The molecule has 7 unspecified atom stereocenters. The molecule has 0 radical (unpaired) electrons. The van der Waals surface area contributed by atoms with E-state index in [1.54, 1.807) is 0 Å². The number of esters is 1. The van der Waals surface area contributed by atoms with Gasteiger partial charge in [-0.25, -0.2) is 0 Å². The van der Waals surface area contributed by atoms with Crippen molar-refractivity contribution >= 4 is 11.8 Å². The van der Waals surface area contributed by atoms with E-state index >= 15 is 0 Å². The number of ether oxygens (including phenoxy) is 1. The Labute approximate surface area is 172 Å². The Morgan fingerprint density at radius 2 is 1.79 bits per heavy atom. The highest BCUT2D eigenvalue weighted by Gasteiger charge is 2.62. The number of hydrogen-bond donors (Lipinski definition) is 0. The maximum atomic E-state index is 13.5. The van der Waals surface area contributed by atoms with Crippen LogP contribution in [-0.2, 0) is 14.3 Å². The molecule has 4 fully saturated rings. The summed E-state index contributed by atoms with van der Waals surface area (Å²) >= 11 is 0. The second-order valence-electron chi connectivity index (χ2n) is 10.2. The maximum absolute atomic E-state index is 13.5. The molecule has 0 amide bonds. The molecular weight excluding hydrogens is 348 g/mol. The van der Waals surface area contributed by atoms with E-state index in [0.717, 1.165) is 31.1 Å². The lowest BCUT2D eigenvalue weighted by molar-refractivity contribution is -0.156. The molecule has 0 bridgehead atoms. The predicted molar refractivity (Wildman–Crippen MR) is 113 cm³/mol. The van der Waals surface area contributed by atoms with Crippen molar-refractivity contribution in [3.63, 3.8) is 0 Å². The first-order valence-electron chi connectivity index (χ1n) is 12.0. The van der Waals surface area contributed by atoms with Crippen LogP contribution in [-0.4, -0.2) is 18.9 Å². The molecule has 0 heterocycles. The lowest BCUT2D eigenvalue weighted by Gasteiger charge is -2.59. The minimum absolute atomic E-state index is 0.131. The van der Waals surface area contributed by atoms with Crippen molar-refractivity contribution < 1.29 is 14.3 Å². The van der Waals surface area contributed by atoms with Gasteiger partial charge in [-0.05, 0) is 80.0 Å². The van der Waals surface area contributed by atoms with Crippen molar-refractivity contribution in [1.82, 2.24) is 0 Å². The van der Waals surface area contributed by atoms with E-state index in [-0.39, 0.29) is 11.4 Å². The molecule has 3 heteroatoms. The highest BCUT2D eigenvalue weighted by molar-refractivity contribution is 5.87. The van der Waals surface area contributed by atoms with Crippen molar-refractivity contribution in [3.8, 4) is 0 Å². The third kappa shape index (κ3) is 3.35. The second kappa shape index (κ2) is 8.48. The van der Waals surface area contributed by atoms with Crippen LogP contribution in [0.3, 0.4) is 0 Å². The molecule has 3 nitrogen and oxygen atoms in total. The average molecular weight is 391 g/mol. The molecule has 0 N–H and O–H groups in total. The van der Waals surface area contributed by atoms with Gasteiger partial charge in [0.15, 0.2) is 0 Å². The van der Waals surface area contributed by atoms with Crippen LogP contribution in [0, 0.1) is 40.4 Å². The summed E-state index contributed by atoms with van der Waals surface area (Å²) in [6.07, 6.45) is 12.6. The largest absolute Gasteiger partial charge is 0.469 e. The van der Waals surface area contributed by atoms with Gasteiger partial charge >= 0.3 is 5.97 Å². The average Bonchev–Trinajstić information content (AvgIpc) is 3.06. The number of carbonyl (C=O) groups is 2. The first-order chi connectivity index (χ1) is 13.4. The maximum Gasteiger partial charge on any atom is 0.305 e. The molecule has 0 saturated heterocycles. The number of rotatable bonds is 3. The monoisotopic (exact) mass is 390 g/mol. The van der Waals surface area contributed by atoms with E-state index < -0.39 is 0 Å². The normalized spacial score (nSPS) is 44.5. The quantitative estimate of drug-likeness (QED) is 0.539. The Bertz CT molecular complexity index is 584. The SMILES string of the molecule is CC.COC(=O)CCC1CCC2C3CCC4CCCCC4(C)C3CC(=O)C12C. The molecule has 0 aromatic heterocycles. The van der Waals surface area contributed by atoms with Gasteiger partial charge in [0.05, 0.1) is 7.11 Å². The number of Topliss-reactive ketones (excluding diaryl/α,β-unsaturated/α-hetero) is 1. The number of carbonyl (C=O) groups excluding carboxylic acids is 2.